The summed E-state index contributed by atoms with van der Waals surface area (Å²) in [4.78, 5) is 10.2. The molecular formula is C15H22FN3O. The Morgan fingerprint density at radius 2 is 2.20 bits per heavy atom. The van der Waals surface area contributed by atoms with Gasteiger partial charge in [-0.2, -0.15) is 0 Å². The van der Waals surface area contributed by atoms with Gasteiger partial charge in [-0.1, -0.05) is 20.8 Å². The Kier molecular flexibility index (Phi) is 3.20. The summed E-state index contributed by atoms with van der Waals surface area (Å²) in [5.41, 5.74) is 0.254. The maximum absolute atomic E-state index is 14.5. The Balaban J connectivity index is 1.98. The molecule has 0 radical (unpaired) electrons. The van der Waals surface area contributed by atoms with Gasteiger partial charge in [-0.3, -0.25) is 0 Å². The highest BCUT2D eigenvalue weighted by molar-refractivity contribution is 5.45. The molecule has 2 fully saturated rings. The molecule has 0 spiro atoms. The Labute approximate surface area is 119 Å². The van der Waals surface area contributed by atoms with Crippen LogP contribution in [0.5, 0.6) is 0 Å². The van der Waals surface area contributed by atoms with Crippen LogP contribution in [0.2, 0.25) is 0 Å². The van der Waals surface area contributed by atoms with Gasteiger partial charge in [-0.25, -0.2) is 14.4 Å². The minimum atomic E-state index is -0.300. The summed E-state index contributed by atoms with van der Waals surface area (Å²) < 4.78 is 14.5. The monoisotopic (exact) mass is 279 g/mol. The Hall–Kier alpha value is -1.23. The van der Waals surface area contributed by atoms with Crippen LogP contribution in [-0.4, -0.2) is 33.8 Å². The van der Waals surface area contributed by atoms with Crippen LogP contribution in [-0.2, 0) is 6.42 Å². The van der Waals surface area contributed by atoms with E-state index in [1.165, 1.54) is 6.33 Å². The number of anilines is 1. The molecule has 20 heavy (non-hydrogen) atoms. The van der Waals surface area contributed by atoms with Gasteiger partial charge in [0.15, 0.2) is 11.6 Å². The SMILES string of the molecule is CCc1ncnc(N2CCC[C@@H]3[C@H](O)C(C)(C)[C@@H]32)c1F. The lowest BCUT2D eigenvalue weighted by molar-refractivity contribution is -0.132. The number of hydrogen-bond acceptors (Lipinski definition) is 4. The van der Waals surface area contributed by atoms with Crippen molar-refractivity contribution in [1.29, 1.82) is 0 Å². The second-order valence-electron chi connectivity index (χ2n) is 6.52. The highest BCUT2D eigenvalue weighted by Gasteiger charge is 2.59. The Morgan fingerprint density at radius 3 is 2.90 bits per heavy atom. The molecule has 1 aromatic rings. The van der Waals surface area contributed by atoms with Crippen LogP contribution in [0.3, 0.4) is 0 Å². The summed E-state index contributed by atoms with van der Waals surface area (Å²) >= 11 is 0. The average Bonchev–Trinajstić information content (AvgIpc) is 2.46. The lowest BCUT2D eigenvalue weighted by Gasteiger charge is -2.62. The summed E-state index contributed by atoms with van der Waals surface area (Å²) in [5, 5.41) is 10.3. The fourth-order valence-corrected chi connectivity index (χ4v) is 4.00. The van der Waals surface area contributed by atoms with Crippen molar-refractivity contribution in [2.75, 3.05) is 11.4 Å². The second kappa shape index (κ2) is 4.65. The predicted molar refractivity (Wildman–Crippen MR) is 75.0 cm³/mol. The molecule has 2 heterocycles. The van der Waals surface area contributed by atoms with Crippen molar-refractivity contribution >= 4 is 5.82 Å². The van der Waals surface area contributed by atoms with Crippen molar-refractivity contribution in [1.82, 2.24) is 9.97 Å². The van der Waals surface area contributed by atoms with Crippen LogP contribution in [0.25, 0.3) is 0 Å². The van der Waals surface area contributed by atoms with Crippen molar-refractivity contribution in [2.45, 2.75) is 52.2 Å². The van der Waals surface area contributed by atoms with Crippen LogP contribution in [0.4, 0.5) is 10.2 Å². The topological polar surface area (TPSA) is 49.2 Å². The van der Waals surface area contributed by atoms with E-state index in [1.54, 1.807) is 0 Å². The van der Waals surface area contributed by atoms with E-state index < -0.39 is 0 Å². The van der Waals surface area contributed by atoms with Crippen molar-refractivity contribution in [2.24, 2.45) is 11.3 Å². The molecule has 2 aliphatic rings. The Morgan fingerprint density at radius 1 is 1.45 bits per heavy atom. The predicted octanol–water partition coefficient (Wildman–Crippen LogP) is 2.16. The van der Waals surface area contributed by atoms with E-state index >= 15 is 0 Å². The zero-order valence-electron chi connectivity index (χ0n) is 12.3. The first-order valence-corrected chi connectivity index (χ1v) is 7.42. The van der Waals surface area contributed by atoms with E-state index in [0.29, 0.717) is 17.9 Å². The van der Waals surface area contributed by atoms with Crippen molar-refractivity contribution in [3.63, 3.8) is 0 Å². The molecule has 1 aliphatic heterocycles. The molecule has 3 atom stereocenters. The molecular weight excluding hydrogens is 257 g/mol. The normalized spacial score (nSPS) is 31.6. The molecule has 4 nitrogen and oxygen atoms in total. The van der Waals surface area contributed by atoms with Gasteiger partial charge in [0.05, 0.1) is 11.8 Å². The van der Waals surface area contributed by atoms with Gasteiger partial charge < -0.3 is 10.0 Å². The van der Waals surface area contributed by atoms with Gasteiger partial charge in [0.1, 0.15) is 6.33 Å². The second-order valence-corrected chi connectivity index (χ2v) is 6.52. The molecule has 110 valence electrons. The average molecular weight is 279 g/mol. The number of rotatable bonds is 2. The number of aliphatic hydroxyl groups excluding tert-OH is 1. The minimum absolute atomic E-state index is 0.167. The van der Waals surface area contributed by atoms with Crippen LogP contribution in [0.15, 0.2) is 6.33 Å². The number of aromatic nitrogens is 2. The van der Waals surface area contributed by atoms with E-state index in [0.717, 1.165) is 19.4 Å². The number of aryl methyl sites for hydroxylation is 1. The fourth-order valence-electron chi connectivity index (χ4n) is 4.00. The third kappa shape index (κ3) is 1.75. The molecule has 1 saturated carbocycles. The molecule has 0 aromatic carbocycles. The smallest absolute Gasteiger partial charge is 0.187 e. The lowest BCUT2D eigenvalue weighted by Crippen LogP contribution is -2.70. The van der Waals surface area contributed by atoms with E-state index in [1.807, 2.05) is 6.92 Å². The number of aliphatic hydroxyl groups is 1. The van der Waals surface area contributed by atoms with Crippen LogP contribution >= 0.6 is 0 Å². The number of piperidine rings is 1. The highest BCUT2D eigenvalue weighted by atomic mass is 19.1. The maximum atomic E-state index is 14.5. The molecule has 1 saturated heterocycles. The summed E-state index contributed by atoms with van der Waals surface area (Å²) in [6, 6.07) is 0.167. The molecule has 5 heteroatoms. The third-order valence-electron chi connectivity index (χ3n) is 5.06. The number of hydrogen-bond donors (Lipinski definition) is 1. The van der Waals surface area contributed by atoms with Crippen LogP contribution in [0, 0.1) is 17.2 Å². The maximum Gasteiger partial charge on any atom is 0.187 e. The quantitative estimate of drug-likeness (QED) is 0.901. The molecule has 0 bridgehead atoms. The van der Waals surface area contributed by atoms with Gasteiger partial charge >= 0.3 is 0 Å². The van der Waals surface area contributed by atoms with Crippen LogP contribution < -0.4 is 4.90 Å². The van der Waals surface area contributed by atoms with Gasteiger partial charge in [-0.15, -0.1) is 0 Å². The van der Waals surface area contributed by atoms with Crippen LogP contribution in [0.1, 0.15) is 39.3 Å². The number of fused-ring (bicyclic) bond motifs is 1. The summed E-state index contributed by atoms with van der Waals surface area (Å²) in [6.07, 6.45) is 3.70. The molecule has 1 aliphatic carbocycles. The zero-order chi connectivity index (χ0) is 14.5. The lowest BCUT2D eigenvalue weighted by atomic mass is 9.54. The minimum Gasteiger partial charge on any atom is -0.392 e. The van der Waals surface area contributed by atoms with Crippen molar-refractivity contribution < 1.29 is 9.50 Å². The van der Waals surface area contributed by atoms with Gasteiger partial charge in [-0.05, 0) is 19.3 Å². The van der Waals surface area contributed by atoms with Crippen molar-refractivity contribution in [3.8, 4) is 0 Å². The molecule has 0 unspecified atom stereocenters. The van der Waals surface area contributed by atoms with Gasteiger partial charge in [0.2, 0.25) is 0 Å². The first-order chi connectivity index (χ1) is 9.48. The van der Waals surface area contributed by atoms with E-state index in [2.05, 4.69) is 28.7 Å². The largest absolute Gasteiger partial charge is 0.392 e. The molecule has 3 rings (SSSR count). The first kappa shape index (κ1) is 13.7. The van der Waals surface area contributed by atoms with E-state index in [9.17, 15) is 9.50 Å². The fraction of sp³-hybridized carbons (Fsp3) is 0.733. The Bertz CT molecular complexity index is 520. The summed E-state index contributed by atoms with van der Waals surface area (Å²) in [5.74, 6) is 0.345. The summed E-state index contributed by atoms with van der Waals surface area (Å²) in [7, 11) is 0. The number of halogens is 1. The molecule has 1 aromatic heterocycles. The summed E-state index contributed by atoms with van der Waals surface area (Å²) in [6.45, 7) is 6.80. The van der Waals surface area contributed by atoms with Crippen molar-refractivity contribution in [3.05, 3.63) is 17.8 Å². The third-order valence-corrected chi connectivity index (χ3v) is 5.06. The highest BCUT2D eigenvalue weighted by Crippen LogP contribution is 2.53. The number of nitrogens with zero attached hydrogens (tertiary/aromatic N) is 3. The van der Waals surface area contributed by atoms with E-state index in [-0.39, 0.29) is 29.3 Å². The zero-order valence-corrected chi connectivity index (χ0v) is 12.3. The standard InChI is InChI=1S/C15H22FN3O/c1-4-10-11(16)14(18-8-17-10)19-7-5-6-9-12(19)15(2,3)13(9)20/h8-9,12-13,20H,4-7H2,1-3H3/t9-,12+,13-/m0/s1. The first-order valence-electron chi connectivity index (χ1n) is 7.42. The molecule has 1 N–H and O–H groups in total. The van der Waals surface area contributed by atoms with Gasteiger partial charge in [0.25, 0.3) is 0 Å². The van der Waals surface area contributed by atoms with E-state index in [4.69, 9.17) is 0 Å². The molecule has 0 amide bonds. The van der Waals surface area contributed by atoms with Gasteiger partial charge in [0, 0.05) is 23.9 Å².